The van der Waals surface area contributed by atoms with Gasteiger partial charge in [-0.15, -0.1) is 12.4 Å². The summed E-state index contributed by atoms with van der Waals surface area (Å²) in [6.07, 6.45) is 4.36. The molecule has 37 heavy (non-hydrogen) atoms. The highest BCUT2D eigenvalue weighted by Crippen LogP contribution is 2.37. The zero-order valence-electron chi connectivity index (χ0n) is 21.2. The molecule has 2 aliphatic rings. The van der Waals surface area contributed by atoms with Gasteiger partial charge in [0.1, 0.15) is 5.65 Å². The van der Waals surface area contributed by atoms with Crippen LogP contribution in [0.25, 0.3) is 22.2 Å². The van der Waals surface area contributed by atoms with Crippen LogP contribution in [0.4, 0.5) is 14.7 Å². The van der Waals surface area contributed by atoms with Crippen molar-refractivity contribution in [2.75, 3.05) is 31.5 Å². The fraction of sp³-hybridized carbons (Fsp3) is 0.556. The highest BCUT2D eigenvalue weighted by atomic mass is 35.5. The number of hydrogen-bond acceptors (Lipinski definition) is 6. The molecule has 0 bridgehead atoms. The van der Waals surface area contributed by atoms with E-state index < -0.39 is 12.5 Å². The molecule has 10 heteroatoms. The molecule has 1 aliphatic heterocycles. The molecule has 0 radical (unpaired) electrons. The van der Waals surface area contributed by atoms with E-state index in [1.54, 1.807) is 13.1 Å². The normalized spacial score (nSPS) is 21.6. The van der Waals surface area contributed by atoms with E-state index in [-0.39, 0.29) is 31.0 Å². The average molecular weight is 535 g/mol. The lowest BCUT2D eigenvalue weighted by molar-refractivity contribution is 0.111. The van der Waals surface area contributed by atoms with Gasteiger partial charge in [-0.05, 0) is 43.7 Å². The molecule has 0 unspecified atom stereocenters. The Labute approximate surface area is 223 Å². The number of aromatic nitrogens is 3. The van der Waals surface area contributed by atoms with Crippen LogP contribution in [0.1, 0.15) is 50.6 Å². The van der Waals surface area contributed by atoms with Gasteiger partial charge in [-0.2, -0.15) is 4.98 Å². The summed E-state index contributed by atoms with van der Waals surface area (Å²) in [5, 5.41) is 17.4. The third-order valence-corrected chi connectivity index (χ3v) is 7.42. The van der Waals surface area contributed by atoms with Gasteiger partial charge in [0.05, 0.1) is 6.10 Å². The number of nitrogens with zero attached hydrogens (tertiary/aromatic N) is 4. The largest absolute Gasteiger partial charge is 0.393 e. The molecule has 1 aromatic carbocycles. The van der Waals surface area contributed by atoms with E-state index in [1.165, 1.54) is 5.56 Å². The number of fused-ring (bicyclic) bond motifs is 1. The lowest BCUT2D eigenvalue weighted by atomic mass is 9.93. The average Bonchev–Trinajstić information content (AvgIpc) is 3.24. The van der Waals surface area contributed by atoms with Crippen molar-refractivity contribution in [3.63, 3.8) is 0 Å². The van der Waals surface area contributed by atoms with Crippen LogP contribution in [0.3, 0.4) is 0 Å². The molecule has 1 saturated heterocycles. The van der Waals surface area contributed by atoms with Gasteiger partial charge in [0.25, 0.3) is 0 Å². The van der Waals surface area contributed by atoms with Gasteiger partial charge < -0.3 is 20.3 Å². The Morgan fingerprint density at radius 2 is 1.81 bits per heavy atom. The number of aliphatic hydroxyl groups is 1. The topological polar surface area (TPSA) is 78.2 Å². The summed E-state index contributed by atoms with van der Waals surface area (Å²) >= 11 is 0. The van der Waals surface area contributed by atoms with Crippen molar-refractivity contribution in [2.24, 2.45) is 0 Å². The summed E-state index contributed by atoms with van der Waals surface area (Å²) in [4.78, 5) is 11.7. The summed E-state index contributed by atoms with van der Waals surface area (Å²) in [7, 11) is 0. The van der Waals surface area contributed by atoms with Gasteiger partial charge in [0, 0.05) is 74.6 Å². The number of aliphatic hydroxyl groups excluding tert-OH is 1. The first-order valence-electron chi connectivity index (χ1n) is 13.1. The smallest absolute Gasteiger partial charge is 0.240 e. The van der Waals surface area contributed by atoms with Crippen LogP contribution in [0.5, 0.6) is 0 Å². The first kappa shape index (κ1) is 27.7. The minimum Gasteiger partial charge on any atom is -0.393 e. The lowest BCUT2D eigenvalue weighted by Gasteiger charge is -2.27. The second-order valence-corrected chi connectivity index (χ2v) is 10.2. The third-order valence-electron chi connectivity index (χ3n) is 7.42. The fourth-order valence-electron chi connectivity index (χ4n) is 5.41. The predicted molar refractivity (Wildman–Crippen MR) is 146 cm³/mol. The molecule has 3 N–H and O–H groups in total. The lowest BCUT2D eigenvalue weighted by Crippen LogP contribution is -2.42. The second-order valence-electron chi connectivity index (χ2n) is 10.2. The molecule has 1 saturated carbocycles. The van der Waals surface area contributed by atoms with E-state index in [2.05, 4.69) is 55.5 Å². The Hall–Kier alpha value is -2.33. The summed E-state index contributed by atoms with van der Waals surface area (Å²) in [5.74, 6) is 0.365. The molecule has 0 spiro atoms. The molecule has 202 valence electrons. The van der Waals surface area contributed by atoms with Gasteiger partial charge in [-0.1, -0.05) is 24.3 Å². The Morgan fingerprint density at radius 1 is 1.11 bits per heavy atom. The molecule has 1 aliphatic carbocycles. The van der Waals surface area contributed by atoms with Crippen LogP contribution in [0.2, 0.25) is 0 Å². The molecule has 2 aromatic heterocycles. The van der Waals surface area contributed by atoms with Crippen molar-refractivity contribution in [3.05, 3.63) is 42.2 Å². The maximum absolute atomic E-state index is 12.8. The molecule has 3 aromatic rings. The number of benzene rings is 1. The van der Waals surface area contributed by atoms with Crippen molar-refractivity contribution in [1.82, 2.24) is 24.8 Å². The quantitative estimate of drug-likeness (QED) is 0.383. The highest BCUT2D eigenvalue weighted by Gasteiger charge is 2.24. The van der Waals surface area contributed by atoms with Crippen molar-refractivity contribution in [1.29, 1.82) is 0 Å². The van der Waals surface area contributed by atoms with Gasteiger partial charge in [0.2, 0.25) is 12.4 Å². The van der Waals surface area contributed by atoms with E-state index in [4.69, 9.17) is 4.98 Å². The minimum atomic E-state index is -2.38. The van der Waals surface area contributed by atoms with Crippen LogP contribution in [-0.2, 0) is 6.54 Å². The number of alkyl halides is 2. The van der Waals surface area contributed by atoms with Crippen molar-refractivity contribution in [3.8, 4) is 11.1 Å². The molecule has 3 heterocycles. The number of anilines is 1. The predicted octanol–water partition coefficient (Wildman–Crippen LogP) is 4.86. The number of halogens is 3. The molecule has 5 rings (SSSR count). The molecule has 1 atom stereocenters. The van der Waals surface area contributed by atoms with Gasteiger partial charge >= 0.3 is 0 Å². The monoisotopic (exact) mass is 534 g/mol. The summed E-state index contributed by atoms with van der Waals surface area (Å²) in [6.45, 7) is 6.86. The van der Waals surface area contributed by atoms with Crippen molar-refractivity contribution < 1.29 is 13.9 Å². The van der Waals surface area contributed by atoms with E-state index in [1.807, 2.05) is 0 Å². The van der Waals surface area contributed by atoms with Crippen LogP contribution in [-0.4, -0.2) is 69.3 Å². The molecule has 0 amide bonds. The SMILES string of the molecule is C[C@H](CC(F)F)Nc1ncc2c(-c3ccc(CN4CCNCC4)cc3)cn(C3CCC(O)CC3)c2n1.Cl. The minimum absolute atomic E-state index is 0. The molecule has 2 fully saturated rings. The van der Waals surface area contributed by atoms with Crippen LogP contribution in [0.15, 0.2) is 36.7 Å². The highest BCUT2D eigenvalue weighted by molar-refractivity contribution is 5.94. The summed E-state index contributed by atoms with van der Waals surface area (Å²) in [6, 6.07) is 8.52. The summed E-state index contributed by atoms with van der Waals surface area (Å²) < 4.78 is 27.8. The molecular formula is C27H37ClF2N6O. The van der Waals surface area contributed by atoms with Gasteiger partial charge in [0.15, 0.2) is 0 Å². The van der Waals surface area contributed by atoms with Crippen molar-refractivity contribution >= 4 is 29.4 Å². The van der Waals surface area contributed by atoms with Crippen LogP contribution in [0, 0.1) is 0 Å². The Morgan fingerprint density at radius 3 is 2.49 bits per heavy atom. The van der Waals surface area contributed by atoms with Crippen LogP contribution >= 0.6 is 12.4 Å². The number of piperazine rings is 1. The van der Waals surface area contributed by atoms with E-state index in [0.717, 1.165) is 80.6 Å². The maximum atomic E-state index is 12.8. The second kappa shape index (κ2) is 12.5. The number of hydrogen-bond donors (Lipinski definition) is 3. The molecular weight excluding hydrogens is 498 g/mol. The first-order valence-corrected chi connectivity index (χ1v) is 13.1. The van der Waals surface area contributed by atoms with Crippen molar-refractivity contribution in [2.45, 2.75) is 70.2 Å². The number of nitrogens with one attached hydrogen (secondary N) is 2. The Kier molecular flexibility index (Phi) is 9.34. The van der Waals surface area contributed by atoms with Gasteiger partial charge in [-0.3, -0.25) is 4.90 Å². The zero-order valence-corrected chi connectivity index (χ0v) is 22.1. The Balaban J connectivity index is 0.00000320. The van der Waals surface area contributed by atoms with E-state index in [0.29, 0.717) is 5.95 Å². The molecule has 7 nitrogen and oxygen atoms in total. The number of rotatable bonds is 8. The standard InChI is InChI=1S/C27H36F2N6O.ClH/c1-18(14-25(28)29)32-27-31-15-23-24(17-35(26(23)33-27)21-6-8-22(36)9-7-21)20-4-2-19(3-5-20)16-34-12-10-30-11-13-34;/h2-5,15,17-18,21-22,25,30,36H,6-14,16H2,1H3,(H,31,32,33);1H/t18-,21?,22?;/m1./s1. The third kappa shape index (κ3) is 6.76. The summed E-state index contributed by atoms with van der Waals surface area (Å²) in [5.41, 5.74) is 4.27. The van der Waals surface area contributed by atoms with Crippen LogP contribution < -0.4 is 10.6 Å². The van der Waals surface area contributed by atoms with E-state index >= 15 is 0 Å². The first-order chi connectivity index (χ1) is 17.5. The fourth-order valence-corrected chi connectivity index (χ4v) is 5.41. The maximum Gasteiger partial charge on any atom is 0.240 e. The van der Waals surface area contributed by atoms with Gasteiger partial charge in [-0.25, -0.2) is 13.8 Å². The van der Waals surface area contributed by atoms with E-state index in [9.17, 15) is 13.9 Å². The Bertz CT molecular complexity index is 1140. The zero-order chi connectivity index (χ0) is 25.1.